The van der Waals surface area contributed by atoms with Gasteiger partial charge in [0.15, 0.2) is 0 Å². The number of nitrogens with one attached hydrogen (secondary N) is 2. The number of ether oxygens (including phenoxy) is 1. The molecule has 2 heterocycles. The van der Waals surface area contributed by atoms with Gasteiger partial charge in [0.1, 0.15) is 5.54 Å². The third kappa shape index (κ3) is 2.36. The van der Waals surface area contributed by atoms with Crippen LogP contribution in [0.5, 0.6) is 0 Å². The zero-order chi connectivity index (χ0) is 15.0. The molecule has 0 aliphatic carbocycles. The molecule has 20 heavy (non-hydrogen) atoms. The van der Waals surface area contributed by atoms with Crippen molar-refractivity contribution in [2.45, 2.75) is 32.2 Å². The second-order valence-corrected chi connectivity index (χ2v) is 5.87. The molecule has 1 spiro atoms. The first-order chi connectivity index (χ1) is 9.32. The monoisotopic (exact) mass is 284 g/mol. The Morgan fingerprint density at radius 2 is 2.05 bits per heavy atom. The molecule has 8 nitrogen and oxygen atoms in total. The molecule has 0 bridgehead atoms. The van der Waals surface area contributed by atoms with Crippen molar-refractivity contribution >= 4 is 17.8 Å². The van der Waals surface area contributed by atoms with Gasteiger partial charge in [-0.3, -0.25) is 19.9 Å². The van der Waals surface area contributed by atoms with Crippen LogP contribution in [0.15, 0.2) is 0 Å². The molecule has 2 aliphatic rings. The SMILES string of the molecule is CC(C)(CN1C(=O)NC2(CCOCC2)C1=O)C(=O)NN. The van der Waals surface area contributed by atoms with E-state index in [4.69, 9.17) is 10.6 Å². The van der Waals surface area contributed by atoms with Crippen LogP contribution >= 0.6 is 0 Å². The van der Waals surface area contributed by atoms with E-state index in [9.17, 15) is 14.4 Å². The van der Waals surface area contributed by atoms with Crippen molar-refractivity contribution in [3.05, 3.63) is 0 Å². The van der Waals surface area contributed by atoms with Crippen LogP contribution in [-0.4, -0.2) is 48.0 Å². The van der Waals surface area contributed by atoms with Gasteiger partial charge >= 0.3 is 6.03 Å². The van der Waals surface area contributed by atoms with Crippen molar-refractivity contribution in [1.82, 2.24) is 15.6 Å². The molecule has 2 aliphatic heterocycles. The van der Waals surface area contributed by atoms with Gasteiger partial charge in [0.25, 0.3) is 5.91 Å². The highest BCUT2D eigenvalue weighted by atomic mass is 16.5. The third-order valence-corrected chi connectivity index (χ3v) is 3.89. The quantitative estimate of drug-likeness (QED) is 0.269. The Hall–Kier alpha value is -1.67. The normalized spacial score (nSPS) is 22.1. The molecule has 0 aromatic heterocycles. The Bertz CT molecular complexity index is 443. The van der Waals surface area contributed by atoms with E-state index >= 15 is 0 Å². The zero-order valence-corrected chi connectivity index (χ0v) is 11.7. The first-order valence-corrected chi connectivity index (χ1v) is 6.55. The number of carbonyl (C=O) groups is 3. The van der Waals surface area contributed by atoms with Gasteiger partial charge in [-0.1, -0.05) is 0 Å². The molecule has 2 rings (SSSR count). The predicted octanol–water partition coefficient (Wildman–Crippen LogP) is -0.896. The summed E-state index contributed by atoms with van der Waals surface area (Å²) in [6, 6.07) is -0.463. The largest absolute Gasteiger partial charge is 0.381 e. The highest BCUT2D eigenvalue weighted by molar-refractivity contribution is 6.07. The molecule has 2 fully saturated rings. The van der Waals surface area contributed by atoms with E-state index in [1.165, 1.54) is 0 Å². The summed E-state index contributed by atoms with van der Waals surface area (Å²) >= 11 is 0. The third-order valence-electron chi connectivity index (χ3n) is 3.89. The van der Waals surface area contributed by atoms with Gasteiger partial charge in [-0.2, -0.15) is 0 Å². The van der Waals surface area contributed by atoms with Gasteiger partial charge < -0.3 is 10.1 Å². The standard InChI is InChI=1S/C12H20N4O4/c1-11(2,8(17)15-13)7-16-9(18)12(14-10(16)19)3-5-20-6-4-12/h3-7,13H2,1-2H3,(H,14,19)(H,15,17). The molecular weight excluding hydrogens is 264 g/mol. The maximum absolute atomic E-state index is 12.5. The number of rotatable bonds is 3. The summed E-state index contributed by atoms with van der Waals surface area (Å²) in [7, 11) is 0. The van der Waals surface area contributed by atoms with E-state index in [0.717, 1.165) is 4.90 Å². The molecule has 0 unspecified atom stereocenters. The minimum atomic E-state index is -0.946. The fourth-order valence-corrected chi connectivity index (χ4v) is 2.54. The van der Waals surface area contributed by atoms with Gasteiger partial charge in [-0.05, 0) is 13.8 Å². The first kappa shape index (κ1) is 14.7. The molecule has 2 saturated heterocycles. The molecule has 0 atom stereocenters. The molecular formula is C12H20N4O4. The number of hydrogen-bond donors (Lipinski definition) is 3. The summed E-state index contributed by atoms with van der Waals surface area (Å²) in [6.07, 6.45) is 0.912. The average molecular weight is 284 g/mol. The number of urea groups is 1. The van der Waals surface area contributed by atoms with E-state index in [1.807, 2.05) is 0 Å². The Morgan fingerprint density at radius 3 is 2.60 bits per heavy atom. The Balaban J connectivity index is 2.15. The number of nitrogens with zero attached hydrogens (tertiary/aromatic N) is 1. The second kappa shape index (κ2) is 5.02. The van der Waals surface area contributed by atoms with Gasteiger partial charge in [0.05, 0.1) is 5.41 Å². The number of nitrogens with two attached hydrogens (primary N) is 1. The number of carbonyl (C=O) groups excluding carboxylic acids is 3. The van der Waals surface area contributed by atoms with Crippen molar-refractivity contribution in [1.29, 1.82) is 0 Å². The number of amides is 4. The Morgan fingerprint density at radius 1 is 1.45 bits per heavy atom. The van der Waals surface area contributed by atoms with Crippen molar-refractivity contribution in [2.75, 3.05) is 19.8 Å². The fraction of sp³-hybridized carbons (Fsp3) is 0.750. The lowest BCUT2D eigenvalue weighted by molar-refractivity contribution is -0.137. The summed E-state index contributed by atoms with van der Waals surface area (Å²) in [5, 5.41) is 2.74. The highest BCUT2D eigenvalue weighted by Crippen LogP contribution is 2.30. The summed E-state index contributed by atoms with van der Waals surface area (Å²) < 4.78 is 5.23. The molecule has 0 aromatic rings. The molecule has 4 amide bonds. The maximum atomic E-state index is 12.5. The number of imide groups is 1. The van der Waals surface area contributed by atoms with Crippen LogP contribution < -0.4 is 16.6 Å². The van der Waals surface area contributed by atoms with Gasteiger partial charge in [0, 0.05) is 32.6 Å². The highest BCUT2D eigenvalue weighted by Gasteiger charge is 2.53. The van der Waals surface area contributed by atoms with E-state index in [-0.39, 0.29) is 12.5 Å². The van der Waals surface area contributed by atoms with Crippen LogP contribution in [0.1, 0.15) is 26.7 Å². The lowest BCUT2D eigenvalue weighted by Gasteiger charge is -2.31. The van der Waals surface area contributed by atoms with Crippen molar-refractivity contribution in [3.63, 3.8) is 0 Å². The van der Waals surface area contributed by atoms with Crippen LogP contribution in [0.3, 0.4) is 0 Å². The summed E-state index contributed by atoms with van der Waals surface area (Å²) in [4.78, 5) is 37.3. The number of hydrazine groups is 1. The molecule has 4 N–H and O–H groups in total. The van der Waals surface area contributed by atoms with E-state index < -0.39 is 22.9 Å². The van der Waals surface area contributed by atoms with Crippen molar-refractivity contribution in [2.24, 2.45) is 11.3 Å². The van der Waals surface area contributed by atoms with Crippen molar-refractivity contribution < 1.29 is 19.1 Å². The smallest absolute Gasteiger partial charge is 0.325 e. The van der Waals surface area contributed by atoms with Crippen LogP contribution in [0.2, 0.25) is 0 Å². The summed E-state index contributed by atoms with van der Waals surface area (Å²) in [6.45, 7) is 4.12. The fourth-order valence-electron chi connectivity index (χ4n) is 2.54. The molecule has 112 valence electrons. The first-order valence-electron chi connectivity index (χ1n) is 6.55. The maximum Gasteiger partial charge on any atom is 0.325 e. The Labute approximate surface area is 117 Å². The van der Waals surface area contributed by atoms with Crippen LogP contribution in [0, 0.1) is 5.41 Å². The molecule has 0 radical (unpaired) electrons. The minimum absolute atomic E-state index is 0.0106. The lowest BCUT2D eigenvalue weighted by atomic mass is 9.88. The molecule has 0 saturated carbocycles. The molecule has 0 aromatic carbocycles. The zero-order valence-electron chi connectivity index (χ0n) is 11.7. The van der Waals surface area contributed by atoms with E-state index in [0.29, 0.717) is 26.1 Å². The van der Waals surface area contributed by atoms with Crippen LogP contribution in [0.4, 0.5) is 4.79 Å². The summed E-state index contributed by atoms with van der Waals surface area (Å²) in [5.74, 6) is 4.40. The van der Waals surface area contributed by atoms with Gasteiger partial charge in [0.2, 0.25) is 5.91 Å². The topological polar surface area (TPSA) is 114 Å². The Kier molecular flexibility index (Phi) is 3.70. The van der Waals surface area contributed by atoms with Gasteiger partial charge in [-0.25, -0.2) is 10.6 Å². The minimum Gasteiger partial charge on any atom is -0.381 e. The number of hydrogen-bond acceptors (Lipinski definition) is 5. The van der Waals surface area contributed by atoms with E-state index in [1.54, 1.807) is 13.8 Å². The van der Waals surface area contributed by atoms with Crippen LogP contribution in [-0.2, 0) is 14.3 Å². The van der Waals surface area contributed by atoms with Gasteiger partial charge in [-0.15, -0.1) is 0 Å². The predicted molar refractivity (Wildman–Crippen MR) is 69.1 cm³/mol. The van der Waals surface area contributed by atoms with Crippen LogP contribution in [0.25, 0.3) is 0 Å². The van der Waals surface area contributed by atoms with E-state index in [2.05, 4.69) is 10.7 Å². The second-order valence-electron chi connectivity index (χ2n) is 5.87. The molecule has 8 heteroatoms. The summed E-state index contributed by atoms with van der Waals surface area (Å²) in [5.41, 5.74) is 0.235. The van der Waals surface area contributed by atoms with Crippen molar-refractivity contribution in [3.8, 4) is 0 Å². The lowest BCUT2D eigenvalue weighted by Crippen LogP contribution is -2.52. The average Bonchev–Trinajstić information content (AvgIpc) is 2.63.